The van der Waals surface area contributed by atoms with Crippen molar-refractivity contribution < 1.29 is 4.74 Å². The molecule has 96 valence electrons. The minimum absolute atomic E-state index is 0.0178. The maximum atomic E-state index is 12.2. The molecule has 0 aliphatic carbocycles. The number of aromatic nitrogens is 1. The monoisotopic (exact) mass is 246 g/mol. The van der Waals surface area contributed by atoms with Gasteiger partial charge in [-0.2, -0.15) is 0 Å². The van der Waals surface area contributed by atoms with Crippen molar-refractivity contribution in [3.63, 3.8) is 0 Å². The molecule has 1 aromatic carbocycles. The van der Waals surface area contributed by atoms with Gasteiger partial charge in [-0.25, -0.2) is 0 Å². The van der Waals surface area contributed by atoms with Crippen LogP contribution in [0.15, 0.2) is 16.9 Å². The van der Waals surface area contributed by atoms with Crippen LogP contribution in [0.1, 0.15) is 16.7 Å². The molecule has 0 aliphatic rings. The van der Waals surface area contributed by atoms with Crippen LogP contribution in [0.4, 0.5) is 0 Å². The average molecular weight is 246 g/mol. The molecule has 0 atom stereocenters. The highest BCUT2D eigenvalue weighted by atomic mass is 16.5. The number of nitrogens with two attached hydrogens (primary N) is 1. The van der Waals surface area contributed by atoms with Gasteiger partial charge in [0.2, 0.25) is 0 Å². The topological polar surface area (TPSA) is 57.2 Å². The second-order valence-electron chi connectivity index (χ2n) is 4.51. The van der Waals surface area contributed by atoms with Gasteiger partial charge in [0.05, 0.1) is 12.6 Å². The molecule has 0 bridgehead atoms. The van der Waals surface area contributed by atoms with E-state index in [1.807, 2.05) is 26.0 Å². The standard InChI is InChI=1S/C14H18N2O2/c1-8-5-10(18-4)6-11-9(2)12(7-15)14(17)16(3)13(8)11/h5-6H,7,15H2,1-4H3. The number of ether oxygens (including phenoxy) is 1. The van der Waals surface area contributed by atoms with Gasteiger partial charge in [-0.3, -0.25) is 4.79 Å². The molecule has 2 rings (SSSR count). The van der Waals surface area contributed by atoms with Crippen LogP contribution in [0.25, 0.3) is 10.9 Å². The lowest BCUT2D eigenvalue weighted by Gasteiger charge is -2.15. The molecule has 0 unspecified atom stereocenters. The van der Waals surface area contributed by atoms with Gasteiger partial charge in [0.1, 0.15) is 5.75 Å². The van der Waals surface area contributed by atoms with Gasteiger partial charge >= 0.3 is 0 Å². The van der Waals surface area contributed by atoms with E-state index >= 15 is 0 Å². The zero-order valence-corrected chi connectivity index (χ0v) is 11.2. The Balaban J connectivity index is 3.03. The summed E-state index contributed by atoms with van der Waals surface area (Å²) >= 11 is 0. The van der Waals surface area contributed by atoms with E-state index in [1.165, 1.54) is 0 Å². The fraction of sp³-hybridized carbons (Fsp3) is 0.357. The number of hydrogen-bond donors (Lipinski definition) is 1. The van der Waals surface area contributed by atoms with Gasteiger partial charge < -0.3 is 15.0 Å². The Morgan fingerprint density at radius 1 is 1.33 bits per heavy atom. The van der Waals surface area contributed by atoms with E-state index in [0.29, 0.717) is 5.56 Å². The molecular formula is C14H18N2O2. The zero-order chi connectivity index (χ0) is 13.4. The van der Waals surface area contributed by atoms with Gasteiger partial charge in [0.15, 0.2) is 0 Å². The molecule has 18 heavy (non-hydrogen) atoms. The first-order chi connectivity index (χ1) is 8.51. The molecule has 0 radical (unpaired) electrons. The second-order valence-corrected chi connectivity index (χ2v) is 4.51. The number of rotatable bonds is 2. The van der Waals surface area contributed by atoms with Gasteiger partial charge in [-0.05, 0) is 37.1 Å². The van der Waals surface area contributed by atoms with Crippen molar-refractivity contribution in [2.24, 2.45) is 12.8 Å². The van der Waals surface area contributed by atoms with Crippen LogP contribution in [0.3, 0.4) is 0 Å². The van der Waals surface area contributed by atoms with Crippen molar-refractivity contribution in [1.29, 1.82) is 0 Å². The third kappa shape index (κ3) is 1.69. The van der Waals surface area contributed by atoms with E-state index in [2.05, 4.69) is 0 Å². The molecule has 1 heterocycles. The Morgan fingerprint density at radius 3 is 2.56 bits per heavy atom. The van der Waals surface area contributed by atoms with Crippen LogP contribution in [0.5, 0.6) is 5.75 Å². The Bertz CT molecular complexity index is 672. The Morgan fingerprint density at radius 2 is 2.00 bits per heavy atom. The third-order valence-electron chi connectivity index (χ3n) is 3.47. The quantitative estimate of drug-likeness (QED) is 0.876. The molecule has 0 aliphatic heterocycles. The molecular weight excluding hydrogens is 228 g/mol. The maximum Gasteiger partial charge on any atom is 0.255 e. The fourth-order valence-corrected chi connectivity index (χ4v) is 2.46. The number of pyridine rings is 1. The summed E-state index contributed by atoms with van der Waals surface area (Å²) < 4.78 is 6.95. The number of fused-ring (bicyclic) bond motifs is 1. The largest absolute Gasteiger partial charge is 0.497 e. The minimum Gasteiger partial charge on any atom is -0.497 e. The summed E-state index contributed by atoms with van der Waals surface area (Å²) in [4.78, 5) is 12.2. The summed E-state index contributed by atoms with van der Waals surface area (Å²) in [5.74, 6) is 0.796. The van der Waals surface area contributed by atoms with Gasteiger partial charge in [0, 0.05) is 24.5 Å². The number of benzene rings is 1. The van der Waals surface area contributed by atoms with E-state index in [0.717, 1.165) is 27.8 Å². The van der Waals surface area contributed by atoms with Crippen LogP contribution in [-0.2, 0) is 13.6 Å². The normalized spacial score (nSPS) is 10.9. The van der Waals surface area contributed by atoms with Crippen LogP contribution in [-0.4, -0.2) is 11.7 Å². The fourth-order valence-electron chi connectivity index (χ4n) is 2.46. The average Bonchev–Trinajstić information content (AvgIpc) is 2.36. The van der Waals surface area contributed by atoms with Crippen molar-refractivity contribution >= 4 is 10.9 Å². The van der Waals surface area contributed by atoms with Gasteiger partial charge in [0.25, 0.3) is 5.56 Å². The summed E-state index contributed by atoms with van der Waals surface area (Å²) in [6.45, 7) is 4.17. The Hall–Kier alpha value is -1.81. The Kier molecular flexibility index (Phi) is 3.13. The molecule has 0 fully saturated rings. The lowest BCUT2D eigenvalue weighted by molar-refractivity contribution is 0.415. The van der Waals surface area contributed by atoms with E-state index in [9.17, 15) is 4.79 Å². The SMILES string of the molecule is COc1cc(C)c2c(c1)c(C)c(CN)c(=O)n2C. The number of aryl methyl sites for hydroxylation is 3. The summed E-state index contributed by atoms with van der Waals surface area (Å²) in [6.07, 6.45) is 0. The lowest BCUT2D eigenvalue weighted by atomic mass is 10.0. The summed E-state index contributed by atoms with van der Waals surface area (Å²) in [5, 5.41) is 1.02. The van der Waals surface area contributed by atoms with Crippen molar-refractivity contribution in [2.75, 3.05) is 7.11 Å². The molecule has 0 saturated heterocycles. The van der Waals surface area contributed by atoms with Crippen LogP contribution < -0.4 is 16.0 Å². The summed E-state index contributed by atoms with van der Waals surface area (Å²) in [5.41, 5.74) is 9.23. The summed E-state index contributed by atoms with van der Waals surface area (Å²) in [7, 11) is 3.42. The van der Waals surface area contributed by atoms with Gasteiger partial charge in [-0.15, -0.1) is 0 Å². The van der Waals surface area contributed by atoms with E-state index in [4.69, 9.17) is 10.5 Å². The third-order valence-corrected chi connectivity index (χ3v) is 3.47. The first kappa shape index (κ1) is 12.6. The van der Waals surface area contributed by atoms with Gasteiger partial charge in [-0.1, -0.05) is 0 Å². The highest BCUT2D eigenvalue weighted by Crippen LogP contribution is 2.27. The molecule has 2 N–H and O–H groups in total. The predicted molar refractivity (Wildman–Crippen MR) is 73.1 cm³/mol. The maximum absolute atomic E-state index is 12.2. The number of hydrogen-bond acceptors (Lipinski definition) is 3. The molecule has 1 aromatic heterocycles. The molecule has 0 amide bonds. The molecule has 0 saturated carbocycles. The summed E-state index contributed by atoms with van der Waals surface area (Å²) in [6, 6.07) is 3.89. The molecule has 4 nitrogen and oxygen atoms in total. The van der Waals surface area contributed by atoms with Crippen LogP contribution in [0.2, 0.25) is 0 Å². The van der Waals surface area contributed by atoms with Crippen molar-refractivity contribution in [3.05, 3.63) is 39.2 Å². The zero-order valence-electron chi connectivity index (χ0n) is 11.2. The van der Waals surface area contributed by atoms with Crippen molar-refractivity contribution in [2.45, 2.75) is 20.4 Å². The number of methoxy groups -OCH3 is 1. The smallest absolute Gasteiger partial charge is 0.255 e. The van der Waals surface area contributed by atoms with Crippen LogP contribution in [0, 0.1) is 13.8 Å². The highest BCUT2D eigenvalue weighted by molar-refractivity contribution is 5.87. The number of nitrogens with zero attached hydrogens (tertiary/aromatic N) is 1. The van der Waals surface area contributed by atoms with E-state index in [-0.39, 0.29) is 12.1 Å². The lowest BCUT2D eigenvalue weighted by Crippen LogP contribution is -2.25. The molecule has 4 heteroatoms. The molecule has 2 aromatic rings. The molecule has 0 spiro atoms. The Labute approximate surface area is 106 Å². The van der Waals surface area contributed by atoms with Crippen LogP contribution >= 0.6 is 0 Å². The van der Waals surface area contributed by atoms with Crippen molar-refractivity contribution in [1.82, 2.24) is 4.57 Å². The van der Waals surface area contributed by atoms with Crippen molar-refractivity contribution in [3.8, 4) is 5.75 Å². The first-order valence-electron chi connectivity index (χ1n) is 5.88. The first-order valence-corrected chi connectivity index (χ1v) is 5.88. The van der Waals surface area contributed by atoms with E-state index in [1.54, 1.807) is 18.7 Å². The van der Waals surface area contributed by atoms with E-state index < -0.39 is 0 Å². The second kappa shape index (κ2) is 4.46. The predicted octanol–water partition coefficient (Wildman–Crippen LogP) is 1.62. The highest BCUT2D eigenvalue weighted by Gasteiger charge is 2.13. The minimum atomic E-state index is -0.0178.